The molecule has 2 aliphatic heterocycles. The highest BCUT2D eigenvalue weighted by Crippen LogP contribution is 2.39. The average Bonchev–Trinajstić information content (AvgIpc) is 3.51. The maximum Gasteiger partial charge on any atom is 0.368 e. The molecule has 0 spiro atoms. The van der Waals surface area contributed by atoms with Crippen LogP contribution >= 0.6 is 0 Å². The Balaban J connectivity index is 1.44. The number of anilines is 3. The molecule has 1 aromatic carbocycles. The van der Waals surface area contributed by atoms with Gasteiger partial charge in [-0.15, -0.1) is 0 Å². The average molecular weight is 539 g/mol. The van der Waals surface area contributed by atoms with Crippen LogP contribution in [0.2, 0.25) is 0 Å². The van der Waals surface area contributed by atoms with E-state index in [1.807, 2.05) is 0 Å². The highest BCUT2D eigenvalue weighted by molar-refractivity contribution is 5.64. The number of aliphatic hydroxyl groups is 1. The summed E-state index contributed by atoms with van der Waals surface area (Å²) in [5, 5.41) is 32.6. The molecule has 2 atom stereocenters. The smallest absolute Gasteiger partial charge is 0.368 e. The molecule has 39 heavy (non-hydrogen) atoms. The summed E-state index contributed by atoms with van der Waals surface area (Å²) in [5.41, 5.74) is -0.195. The Morgan fingerprint density at radius 2 is 2.15 bits per heavy atom. The number of halogens is 1. The molecule has 0 bridgehead atoms. The van der Waals surface area contributed by atoms with Crippen molar-refractivity contribution >= 4 is 17.5 Å². The Bertz CT molecular complexity index is 1460. The number of nitrogens with one attached hydrogen (secondary N) is 2. The Morgan fingerprint density at radius 3 is 2.87 bits per heavy atom. The maximum absolute atomic E-state index is 15.1. The van der Waals surface area contributed by atoms with Crippen LogP contribution in [0.5, 0.6) is 5.75 Å². The standard InChI is InChI=1S/C25H31FN10O3/c1-25(2)12-16(9-17-5-4-6-35(17)25)29-22-15(13-27)14-28-23(31-22)30-19-11-20(36-24(38)34(3)32-33-36)21(10-18(19)26)39-8-7-37/h10-11,14,16-17,37H,4-9,12H2,1-3H3,(H2,28,29,30,31)/t16?,17-/m0/s1. The van der Waals surface area contributed by atoms with Crippen LogP contribution < -0.4 is 21.1 Å². The number of aliphatic hydroxyl groups excluding tert-OH is 1. The number of benzene rings is 1. The summed E-state index contributed by atoms with van der Waals surface area (Å²) >= 11 is 0. The molecule has 2 saturated heterocycles. The minimum Gasteiger partial charge on any atom is -0.489 e. The molecule has 0 amide bonds. The number of aryl methyl sites for hydroxylation is 1. The van der Waals surface area contributed by atoms with E-state index in [1.54, 1.807) is 0 Å². The van der Waals surface area contributed by atoms with Gasteiger partial charge in [0, 0.05) is 30.7 Å². The number of nitrogens with zero attached hydrogens (tertiary/aromatic N) is 8. The summed E-state index contributed by atoms with van der Waals surface area (Å²) < 4.78 is 22.5. The molecule has 2 fully saturated rings. The number of rotatable bonds is 8. The molecule has 0 saturated carbocycles. The molecule has 206 valence electrons. The minimum atomic E-state index is -0.707. The van der Waals surface area contributed by atoms with Gasteiger partial charge in [-0.3, -0.25) is 4.90 Å². The Labute approximate surface area is 224 Å². The van der Waals surface area contributed by atoms with Crippen LogP contribution in [0.1, 0.15) is 45.1 Å². The van der Waals surface area contributed by atoms with Crippen molar-refractivity contribution in [2.45, 2.75) is 57.2 Å². The molecular weight excluding hydrogens is 507 g/mol. The number of hydrogen-bond donors (Lipinski definition) is 3. The molecule has 3 aromatic rings. The third-order valence-electron chi connectivity index (χ3n) is 7.30. The molecule has 2 aromatic heterocycles. The molecule has 14 heteroatoms. The van der Waals surface area contributed by atoms with Crippen molar-refractivity contribution in [3.63, 3.8) is 0 Å². The van der Waals surface area contributed by atoms with Crippen molar-refractivity contribution < 1.29 is 14.2 Å². The summed E-state index contributed by atoms with van der Waals surface area (Å²) in [4.78, 5) is 23.7. The lowest BCUT2D eigenvalue weighted by molar-refractivity contribution is 0.0501. The SMILES string of the molecule is Cn1nnn(-c2cc(Nc3ncc(C#N)c(NC4C[C@@H]5CCCN5C(C)(C)C4)n3)c(F)cc2OCCO)c1=O. The van der Waals surface area contributed by atoms with E-state index < -0.39 is 11.5 Å². The number of nitriles is 1. The predicted molar refractivity (Wildman–Crippen MR) is 140 cm³/mol. The fourth-order valence-electron chi connectivity index (χ4n) is 5.61. The number of piperidine rings is 1. The van der Waals surface area contributed by atoms with E-state index in [0.29, 0.717) is 11.9 Å². The number of aromatic nitrogens is 6. The van der Waals surface area contributed by atoms with Gasteiger partial charge in [0.05, 0.1) is 18.5 Å². The van der Waals surface area contributed by atoms with Gasteiger partial charge in [-0.1, -0.05) is 0 Å². The van der Waals surface area contributed by atoms with Crippen LogP contribution in [0.25, 0.3) is 5.69 Å². The first kappa shape index (κ1) is 26.5. The van der Waals surface area contributed by atoms with Crippen LogP contribution in [-0.2, 0) is 7.05 Å². The molecule has 13 nitrogen and oxygen atoms in total. The van der Waals surface area contributed by atoms with E-state index in [1.165, 1.54) is 25.7 Å². The lowest BCUT2D eigenvalue weighted by Crippen LogP contribution is -2.55. The molecule has 5 rings (SSSR count). The van der Waals surface area contributed by atoms with E-state index in [2.05, 4.69) is 55.8 Å². The summed E-state index contributed by atoms with van der Waals surface area (Å²) in [6.07, 6.45) is 5.56. The summed E-state index contributed by atoms with van der Waals surface area (Å²) in [6.45, 7) is 5.18. The third kappa shape index (κ3) is 5.27. The summed E-state index contributed by atoms with van der Waals surface area (Å²) in [5.74, 6) is -0.273. The Morgan fingerprint density at radius 1 is 1.33 bits per heavy atom. The first-order chi connectivity index (χ1) is 18.7. The number of tetrazole rings is 1. The van der Waals surface area contributed by atoms with E-state index >= 15 is 4.39 Å². The highest BCUT2D eigenvalue weighted by atomic mass is 19.1. The van der Waals surface area contributed by atoms with Gasteiger partial charge in [0.25, 0.3) is 0 Å². The molecule has 0 aliphatic carbocycles. The third-order valence-corrected chi connectivity index (χ3v) is 7.30. The van der Waals surface area contributed by atoms with Crippen molar-refractivity contribution in [2.75, 3.05) is 30.4 Å². The van der Waals surface area contributed by atoms with Crippen molar-refractivity contribution in [1.29, 1.82) is 5.26 Å². The first-order valence-electron chi connectivity index (χ1n) is 12.8. The molecular formula is C25H31FN10O3. The van der Waals surface area contributed by atoms with Crippen LogP contribution in [-0.4, -0.2) is 77.1 Å². The van der Waals surface area contributed by atoms with Crippen LogP contribution in [0.4, 0.5) is 21.8 Å². The molecule has 4 heterocycles. The van der Waals surface area contributed by atoms with Gasteiger partial charge in [0.1, 0.15) is 35.5 Å². The second kappa shape index (κ2) is 10.6. The summed E-state index contributed by atoms with van der Waals surface area (Å²) in [7, 11) is 1.43. The fraction of sp³-hybridized carbons (Fsp3) is 0.520. The zero-order valence-electron chi connectivity index (χ0n) is 22.1. The molecule has 1 unspecified atom stereocenters. The highest BCUT2D eigenvalue weighted by Gasteiger charge is 2.43. The lowest BCUT2D eigenvalue weighted by Gasteiger charge is -2.47. The van der Waals surface area contributed by atoms with Crippen molar-refractivity contribution in [1.82, 2.24) is 34.7 Å². The zero-order valence-corrected chi connectivity index (χ0v) is 22.1. The Hall–Kier alpha value is -4.09. The number of ether oxygens (including phenoxy) is 1. The van der Waals surface area contributed by atoms with Gasteiger partial charge >= 0.3 is 5.69 Å². The van der Waals surface area contributed by atoms with Crippen LogP contribution in [0, 0.1) is 17.1 Å². The van der Waals surface area contributed by atoms with Gasteiger partial charge in [-0.05, 0) is 62.6 Å². The van der Waals surface area contributed by atoms with Gasteiger partial charge in [0.2, 0.25) is 5.95 Å². The minimum absolute atomic E-state index is 0.00123. The largest absolute Gasteiger partial charge is 0.489 e. The van der Waals surface area contributed by atoms with Crippen LogP contribution in [0.3, 0.4) is 0 Å². The lowest BCUT2D eigenvalue weighted by atomic mass is 9.84. The van der Waals surface area contributed by atoms with Gasteiger partial charge in [-0.25, -0.2) is 14.2 Å². The van der Waals surface area contributed by atoms with E-state index in [-0.39, 0.29) is 53.4 Å². The van der Waals surface area contributed by atoms with Crippen molar-refractivity contribution in [3.8, 4) is 17.5 Å². The second-order valence-electron chi connectivity index (χ2n) is 10.4. The van der Waals surface area contributed by atoms with Gasteiger partial charge in [-0.2, -0.15) is 19.6 Å². The Kier molecular flexibility index (Phi) is 7.19. The fourth-order valence-corrected chi connectivity index (χ4v) is 5.61. The maximum atomic E-state index is 15.1. The van der Waals surface area contributed by atoms with Gasteiger partial charge in [0.15, 0.2) is 5.82 Å². The number of hydrogen-bond acceptors (Lipinski definition) is 11. The molecule has 3 N–H and O–H groups in total. The molecule has 0 radical (unpaired) electrons. The van der Waals surface area contributed by atoms with Crippen LogP contribution in [0.15, 0.2) is 23.1 Å². The number of fused-ring (bicyclic) bond motifs is 1. The topological polar surface area (TPSA) is 159 Å². The van der Waals surface area contributed by atoms with E-state index in [0.717, 1.165) is 41.2 Å². The molecule has 2 aliphatic rings. The normalized spacial score (nSPS) is 20.3. The quantitative estimate of drug-likeness (QED) is 0.383. The van der Waals surface area contributed by atoms with Crippen molar-refractivity contribution in [3.05, 3.63) is 40.2 Å². The predicted octanol–water partition coefficient (Wildman–Crippen LogP) is 1.70. The second-order valence-corrected chi connectivity index (χ2v) is 10.4. The van der Waals surface area contributed by atoms with E-state index in [9.17, 15) is 10.1 Å². The first-order valence-corrected chi connectivity index (χ1v) is 12.8. The summed E-state index contributed by atoms with van der Waals surface area (Å²) in [6, 6.07) is 5.13. The zero-order chi connectivity index (χ0) is 27.7. The van der Waals surface area contributed by atoms with Crippen molar-refractivity contribution in [2.24, 2.45) is 7.05 Å². The monoisotopic (exact) mass is 538 g/mol. The van der Waals surface area contributed by atoms with Gasteiger partial charge < -0.3 is 20.5 Å². The van der Waals surface area contributed by atoms with E-state index in [4.69, 9.17) is 9.84 Å².